The molecule has 0 radical (unpaired) electrons. The van der Waals surface area contributed by atoms with Crippen LogP contribution in [0.15, 0.2) is 200 Å². The minimum Gasteiger partial charge on any atom is -0.309 e. The van der Waals surface area contributed by atoms with E-state index < -0.39 is 0 Å². The van der Waals surface area contributed by atoms with Gasteiger partial charge in [-0.3, -0.25) is 0 Å². The van der Waals surface area contributed by atoms with Gasteiger partial charge in [0.25, 0.3) is 0 Å². The lowest BCUT2D eigenvalue weighted by Crippen LogP contribution is -1.99. The molecule has 0 saturated carbocycles. The minimum absolute atomic E-state index is 0.679. The zero-order valence-electron chi connectivity index (χ0n) is 29.9. The molecule has 2 aromatic heterocycles. The number of nitrogens with zero attached hydrogens (tertiary/aromatic N) is 3. The van der Waals surface area contributed by atoms with Crippen molar-refractivity contribution >= 4 is 54.1 Å². The van der Waals surface area contributed by atoms with Crippen molar-refractivity contribution in [3.63, 3.8) is 0 Å². The molecular formula is C52H33N3. The Morgan fingerprint density at radius 3 is 1.62 bits per heavy atom. The van der Waals surface area contributed by atoms with Gasteiger partial charge in [0.2, 0.25) is 0 Å². The van der Waals surface area contributed by atoms with Crippen molar-refractivity contribution < 1.29 is 0 Å². The van der Waals surface area contributed by atoms with Crippen molar-refractivity contribution in [3.05, 3.63) is 200 Å². The molecule has 9 aromatic carbocycles. The standard InChI is InChI=1S/C52H33N3/c1-2-15-35(16-3-1)48-33-49(38-27-26-34-14-4-5-17-36(34)28-38)54-52(53-48)40-29-39(47-32-37-18-6-7-19-42(37)43-20-8-9-21-44(43)47)30-41(31-40)55-50-24-12-10-22-45(50)46-23-11-13-25-51(46)55/h1-33H. The quantitative estimate of drug-likeness (QED) is 0.167. The van der Waals surface area contributed by atoms with Crippen molar-refractivity contribution in [3.8, 4) is 50.7 Å². The number of hydrogen-bond acceptors (Lipinski definition) is 2. The molecular weight excluding hydrogens is 667 g/mol. The van der Waals surface area contributed by atoms with Crippen molar-refractivity contribution in [2.45, 2.75) is 0 Å². The molecule has 11 rings (SSSR count). The molecule has 0 atom stereocenters. The van der Waals surface area contributed by atoms with Crippen LogP contribution in [0.4, 0.5) is 0 Å². The third-order valence-corrected chi connectivity index (χ3v) is 10.9. The third kappa shape index (κ3) is 5.28. The van der Waals surface area contributed by atoms with Gasteiger partial charge >= 0.3 is 0 Å². The minimum atomic E-state index is 0.679. The molecule has 0 amide bonds. The van der Waals surface area contributed by atoms with E-state index >= 15 is 0 Å². The molecule has 55 heavy (non-hydrogen) atoms. The Balaban J connectivity index is 1.22. The van der Waals surface area contributed by atoms with Crippen LogP contribution in [-0.2, 0) is 0 Å². The predicted molar refractivity (Wildman–Crippen MR) is 231 cm³/mol. The highest BCUT2D eigenvalue weighted by Crippen LogP contribution is 2.40. The van der Waals surface area contributed by atoms with E-state index in [0.717, 1.165) is 50.4 Å². The van der Waals surface area contributed by atoms with Gasteiger partial charge < -0.3 is 4.57 Å². The van der Waals surface area contributed by atoms with Crippen LogP contribution in [0.5, 0.6) is 0 Å². The second kappa shape index (κ2) is 12.6. The van der Waals surface area contributed by atoms with Gasteiger partial charge in [-0.15, -0.1) is 0 Å². The fourth-order valence-electron chi connectivity index (χ4n) is 8.35. The summed E-state index contributed by atoms with van der Waals surface area (Å²) < 4.78 is 2.40. The number of aromatic nitrogens is 3. The number of fused-ring (bicyclic) bond motifs is 7. The summed E-state index contributed by atoms with van der Waals surface area (Å²) in [6.45, 7) is 0. The highest BCUT2D eigenvalue weighted by atomic mass is 15.0. The van der Waals surface area contributed by atoms with Crippen LogP contribution < -0.4 is 0 Å². The molecule has 0 N–H and O–H groups in total. The van der Waals surface area contributed by atoms with E-state index in [2.05, 4.69) is 199 Å². The van der Waals surface area contributed by atoms with Gasteiger partial charge in [-0.05, 0) is 92.0 Å². The molecule has 0 bridgehead atoms. The van der Waals surface area contributed by atoms with Crippen molar-refractivity contribution in [1.82, 2.24) is 14.5 Å². The lowest BCUT2D eigenvalue weighted by atomic mass is 9.92. The van der Waals surface area contributed by atoms with Crippen LogP contribution in [0, 0.1) is 0 Å². The van der Waals surface area contributed by atoms with Gasteiger partial charge in [0.05, 0.1) is 22.4 Å². The summed E-state index contributed by atoms with van der Waals surface area (Å²) in [5.74, 6) is 0.679. The van der Waals surface area contributed by atoms with Gasteiger partial charge in [-0.25, -0.2) is 9.97 Å². The van der Waals surface area contributed by atoms with Gasteiger partial charge in [-0.2, -0.15) is 0 Å². The lowest BCUT2D eigenvalue weighted by molar-refractivity contribution is 1.16. The first kappa shape index (κ1) is 31.2. The second-order valence-electron chi connectivity index (χ2n) is 14.2. The average Bonchev–Trinajstić information content (AvgIpc) is 3.60. The van der Waals surface area contributed by atoms with Gasteiger partial charge in [0, 0.05) is 33.2 Å². The Kier molecular flexibility index (Phi) is 7.17. The highest BCUT2D eigenvalue weighted by Gasteiger charge is 2.18. The average molecular weight is 700 g/mol. The Morgan fingerprint density at radius 2 is 0.873 bits per heavy atom. The molecule has 11 aromatic rings. The van der Waals surface area contributed by atoms with Crippen LogP contribution in [0.2, 0.25) is 0 Å². The van der Waals surface area contributed by atoms with Crippen molar-refractivity contribution in [2.75, 3.05) is 0 Å². The van der Waals surface area contributed by atoms with E-state index in [1.165, 1.54) is 48.7 Å². The largest absolute Gasteiger partial charge is 0.309 e. The summed E-state index contributed by atoms with van der Waals surface area (Å²) in [6, 6.07) is 71.7. The molecule has 0 unspecified atom stereocenters. The molecule has 0 aliphatic carbocycles. The number of hydrogen-bond donors (Lipinski definition) is 0. The SMILES string of the molecule is c1ccc(-c2cc(-c3ccc4ccccc4c3)nc(-c3cc(-c4cc5ccccc5c5ccccc45)cc(-n4c5ccccc5c5ccccc54)c3)n2)cc1. The first-order valence-corrected chi connectivity index (χ1v) is 18.7. The summed E-state index contributed by atoms with van der Waals surface area (Å²) in [6.07, 6.45) is 0. The number of para-hydroxylation sites is 2. The van der Waals surface area contributed by atoms with E-state index in [1.54, 1.807) is 0 Å². The summed E-state index contributed by atoms with van der Waals surface area (Å²) in [5.41, 5.74) is 10.5. The normalized spacial score (nSPS) is 11.6. The topological polar surface area (TPSA) is 30.7 Å². The Morgan fingerprint density at radius 1 is 0.309 bits per heavy atom. The van der Waals surface area contributed by atoms with Crippen LogP contribution in [0.1, 0.15) is 0 Å². The maximum Gasteiger partial charge on any atom is 0.160 e. The van der Waals surface area contributed by atoms with Crippen molar-refractivity contribution in [1.29, 1.82) is 0 Å². The molecule has 0 spiro atoms. The summed E-state index contributed by atoms with van der Waals surface area (Å²) >= 11 is 0. The smallest absolute Gasteiger partial charge is 0.160 e. The zero-order valence-corrected chi connectivity index (χ0v) is 29.9. The first-order chi connectivity index (χ1) is 27.2. The number of rotatable bonds is 5. The molecule has 3 heteroatoms. The second-order valence-corrected chi connectivity index (χ2v) is 14.2. The molecule has 0 saturated heterocycles. The Labute approximate surface area is 318 Å². The van der Waals surface area contributed by atoms with Crippen molar-refractivity contribution in [2.24, 2.45) is 0 Å². The summed E-state index contributed by atoms with van der Waals surface area (Å²) in [4.78, 5) is 10.7. The fourth-order valence-corrected chi connectivity index (χ4v) is 8.35. The number of benzene rings is 9. The Hall–Kier alpha value is -7.36. The van der Waals surface area contributed by atoms with Crippen LogP contribution in [-0.4, -0.2) is 14.5 Å². The van der Waals surface area contributed by atoms with E-state index in [1.807, 2.05) is 6.07 Å². The molecule has 0 aliphatic rings. The van der Waals surface area contributed by atoms with Crippen LogP contribution in [0.3, 0.4) is 0 Å². The third-order valence-electron chi connectivity index (χ3n) is 10.9. The van der Waals surface area contributed by atoms with Gasteiger partial charge in [-0.1, -0.05) is 152 Å². The van der Waals surface area contributed by atoms with Crippen LogP contribution >= 0.6 is 0 Å². The molecule has 2 heterocycles. The Bertz CT molecular complexity index is 3210. The predicted octanol–water partition coefficient (Wildman–Crippen LogP) is 13.7. The molecule has 0 fully saturated rings. The monoisotopic (exact) mass is 699 g/mol. The molecule has 0 aliphatic heterocycles. The van der Waals surface area contributed by atoms with E-state index in [4.69, 9.17) is 9.97 Å². The van der Waals surface area contributed by atoms with E-state index in [-0.39, 0.29) is 0 Å². The summed E-state index contributed by atoms with van der Waals surface area (Å²) in [7, 11) is 0. The molecule has 3 nitrogen and oxygen atoms in total. The van der Waals surface area contributed by atoms with Gasteiger partial charge in [0.1, 0.15) is 0 Å². The first-order valence-electron chi connectivity index (χ1n) is 18.7. The summed E-state index contributed by atoms with van der Waals surface area (Å²) in [5, 5.41) is 9.74. The maximum atomic E-state index is 5.38. The highest BCUT2D eigenvalue weighted by molar-refractivity contribution is 6.14. The van der Waals surface area contributed by atoms with Gasteiger partial charge in [0.15, 0.2) is 5.82 Å². The maximum absolute atomic E-state index is 5.38. The molecule has 256 valence electrons. The van der Waals surface area contributed by atoms with E-state index in [9.17, 15) is 0 Å². The van der Waals surface area contributed by atoms with E-state index in [0.29, 0.717) is 5.82 Å². The fraction of sp³-hybridized carbons (Fsp3) is 0. The van der Waals surface area contributed by atoms with Crippen LogP contribution in [0.25, 0.3) is 105 Å². The zero-order chi connectivity index (χ0) is 36.3. The lowest BCUT2D eigenvalue weighted by Gasteiger charge is -2.16.